The number of nitrogens with one attached hydrogen (secondary N) is 2. The van der Waals surface area contributed by atoms with Crippen molar-refractivity contribution in [1.82, 2.24) is 15.6 Å². The number of rotatable bonds is 5. The lowest BCUT2D eigenvalue weighted by Gasteiger charge is -2.28. The first-order valence-corrected chi connectivity index (χ1v) is 11.5. The van der Waals surface area contributed by atoms with Crippen LogP contribution in [0.3, 0.4) is 0 Å². The second-order valence-electron chi connectivity index (χ2n) is 8.09. The summed E-state index contributed by atoms with van der Waals surface area (Å²) in [4.78, 5) is 29.4. The molecule has 2 amide bonds. The quantitative estimate of drug-likeness (QED) is 0.204. The van der Waals surface area contributed by atoms with Crippen LogP contribution in [0.15, 0.2) is 78.0 Å². The van der Waals surface area contributed by atoms with Crippen LogP contribution in [0.1, 0.15) is 25.5 Å². The lowest BCUT2D eigenvalue weighted by atomic mass is 9.95. The van der Waals surface area contributed by atoms with E-state index in [4.69, 9.17) is 21.1 Å². The number of aromatic nitrogens is 1. The molecule has 0 aliphatic carbocycles. The number of halogens is 1. The first kappa shape index (κ1) is 22.7. The average molecular weight is 488 g/mol. The third kappa shape index (κ3) is 4.38. The lowest BCUT2D eigenvalue weighted by molar-refractivity contribution is -0.139. The zero-order chi connectivity index (χ0) is 24.5. The Morgan fingerprint density at radius 3 is 2.71 bits per heavy atom. The van der Waals surface area contributed by atoms with Crippen LogP contribution in [-0.4, -0.2) is 23.6 Å². The monoisotopic (exact) mass is 487 g/mol. The molecule has 1 aliphatic rings. The van der Waals surface area contributed by atoms with Crippen molar-refractivity contribution in [2.75, 3.05) is 6.61 Å². The van der Waals surface area contributed by atoms with E-state index >= 15 is 0 Å². The number of nitrogens with zero attached hydrogens (tertiary/aromatic N) is 1. The molecule has 3 aromatic carbocycles. The minimum atomic E-state index is -0.687. The van der Waals surface area contributed by atoms with Crippen molar-refractivity contribution in [1.29, 1.82) is 0 Å². The molecule has 2 heterocycles. The molecule has 1 aromatic heterocycles. The summed E-state index contributed by atoms with van der Waals surface area (Å²) in [5.41, 5.74) is 2.21. The molecule has 1 aliphatic heterocycles. The normalized spacial score (nSPS) is 15.6. The van der Waals surface area contributed by atoms with Gasteiger partial charge in [0, 0.05) is 22.5 Å². The Morgan fingerprint density at radius 1 is 1.06 bits per heavy atom. The highest BCUT2D eigenvalue weighted by Crippen LogP contribution is 2.36. The van der Waals surface area contributed by atoms with E-state index in [-0.39, 0.29) is 6.61 Å². The summed E-state index contributed by atoms with van der Waals surface area (Å²) in [5, 5.41) is 8.61. The molecular formula is C27H22ClN3O4. The van der Waals surface area contributed by atoms with E-state index < -0.39 is 18.0 Å². The van der Waals surface area contributed by atoms with E-state index in [1.807, 2.05) is 42.5 Å². The molecule has 5 rings (SSSR count). The fourth-order valence-electron chi connectivity index (χ4n) is 4.29. The van der Waals surface area contributed by atoms with Crippen molar-refractivity contribution < 1.29 is 19.1 Å². The standard InChI is InChI=1S/C27H22ClN3O4/c1-3-34-26(32)23-15(2)29-27(33)31-24(23)17-8-6-9-18(13-17)35-21-14-22(28)30-25-19-10-5-4-7-16(19)11-12-20(21)25/h4-14,24H,3H2,1-2H3,(H2,29,31,33). The molecule has 0 bridgehead atoms. The molecule has 35 heavy (non-hydrogen) atoms. The first-order valence-electron chi connectivity index (χ1n) is 11.2. The maximum atomic E-state index is 12.6. The maximum absolute atomic E-state index is 12.6. The van der Waals surface area contributed by atoms with Gasteiger partial charge >= 0.3 is 12.0 Å². The molecule has 176 valence electrons. The van der Waals surface area contributed by atoms with Gasteiger partial charge < -0.3 is 20.1 Å². The van der Waals surface area contributed by atoms with Crippen LogP contribution >= 0.6 is 11.6 Å². The van der Waals surface area contributed by atoms with E-state index in [9.17, 15) is 9.59 Å². The Kier molecular flexibility index (Phi) is 6.01. The van der Waals surface area contributed by atoms with Gasteiger partial charge in [-0.25, -0.2) is 14.6 Å². The highest BCUT2D eigenvalue weighted by atomic mass is 35.5. The number of hydrogen-bond acceptors (Lipinski definition) is 5. The van der Waals surface area contributed by atoms with Crippen LogP contribution in [-0.2, 0) is 9.53 Å². The lowest BCUT2D eigenvalue weighted by Crippen LogP contribution is -2.45. The minimum Gasteiger partial charge on any atom is -0.463 e. The Hall–Kier alpha value is -4.10. The maximum Gasteiger partial charge on any atom is 0.338 e. The zero-order valence-electron chi connectivity index (χ0n) is 19.1. The number of fused-ring (bicyclic) bond motifs is 3. The van der Waals surface area contributed by atoms with E-state index in [1.54, 1.807) is 38.1 Å². The topological polar surface area (TPSA) is 89.5 Å². The number of pyridine rings is 1. The molecule has 0 fully saturated rings. The summed E-state index contributed by atoms with van der Waals surface area (Å²) in [5.74, 6) is 0.579. The summed E-state index contributed by atoms with van der Waals surface area (Å²) in [6.07, 6.45) is 0. The number of carbonyl (C=O) groups is 2. The van der Waals surface area contributed by atoms with E-state index in [1.165, 1.54) is 0 Å². The predicted molar refractivity (Wildman–Crippen MR) is 135 cm³/mol. The number of ether oxygens (including phenoxy) is 2. The fraction of sp³-hybridized carbons (Fsp3) is 0.148. The van der Waals surface area contributed by atoms with Crippen molar-refractivity contribution in [2.45, 2.75) is 19.9 Å². The van der Waals surface area contributed by atoms with Gasteiger partial charge in [-0.15, -0.1) is 0 Å². The third-order valence-corrected chi connectivity index (χ3v) is 6.01. The van der Waals surface area contributed by atoms with Gasteiger partial charge in [0.05, 0.1) is 23.7 Å². The number of carbonyl (C=O) groups excluding carboxylic acids is 2. The molecule has 1 unspecified atom stereocenters. The minimum absolute atomic E-state index is 0.226. The van der Waals surface area contributed by atoms with Crippen LogP contribution < -0.4 is 15.4 Å². The van der Waals surface area contributed by atoms with Crippen LogP contribution in [0.4, 0.5) is 4.79 Å². The number of hydrogen-bond donors (Lipinski definition) is 2. The highest BCUT2D eigenvalue weighted by Gasteiger charge is 2.32. The number of benzene rings is 3. The molecule has 0 saturated carbocycles. The molecule has 4 aromatic rings. The number of allylic oxidation sites excluding steroid dienone is 1. The van der Waals surface area contributed by atoms with Crippen molar-refractivity contribution in [3.63, 3.8) is 0 Å². The average Bonchev–Trinajstić information content (AvgIpc) is 2.83. The van der Waals surface area contributed by atoms with E-state index in [0.29, 0.717) is 33.5 Å². The van der Waals surface area contributed by atoms with Crippen molar-refractivity contribution in [2.24, 2.45) is 0 Å². The third-order valence-electron chi connectivity index (χ3n) is 5.82. The smallest absolute Gasteiger partial charge is 0.338 e. The molecule has 1 atom stereocenters. The Morgan fingerprint density at radius 2 is 1.89 bits per heavy atom. The number of amides is 2. The number of esters is 1. The van der Waals surface area contributed by atoms with Gasteiger partial charge in [-0.1, -0.05) is 54.1 Å². The van der Waals surface area contributed by atoms with Gasteiger partial charge in [0.2, 0.25) is 0 Å². The van der Waals surface area contributed by atoms with Crippen molar-refractivity contribution >= 4 is 45.3 Å². The van der Waals surface area contributed by atoms with Crippen molar-refractivity contribution in [3.05, 3.63) is 88.7 Å². The second-order valence-corrected chi connectivity index (χ2v) is 8.48. The van der Waals surface area contributed by atoms with Gasteiger partial charge in [-0.3, -0.25) is 0 Å². The van der Waals surface area contributed by atoms with Crippen molar-refractivity contribution in [3.8, 4) is 11.5 Å². The molecule has 8 heteroatoms. The summed E-state index contributed by atoms with van der Waals surface area (Å²) >= 11 is 6.36. The molecular weight excluding hydrogens is 466 g/mol. The van der Waals surface area contributed by atoms with Crippen LogP contribution in [0, 0.1) is 0 Å². The number of urea groups is 1. The largest absolute Gasteiger partial charge is 0.463 e. The zero-order valence-corrected chi connectivity index (χ0v) is 19.8. The summed E-state index contributed by atoms with van der Waals surface area (Å²) in [6, 6.07) is 19.7. The summed E-state index contributed by atoms with van der Waals surface area (Å²) < 4.78 is 11.5. The van der Waals surface area contributed by atoms with Gasteiger partial charge in [-0.2, -0.15) is 0 Å². The SMILES string of the molecule is CCOC(=O)C1=C(C)NC(=O)NC1c1cccc(Oc2cc(Cl)nc3c2ccc2ccccc23)c1. The predicted octanol–water partition coefficient (Wildman–Crippen LogP) is 6.02. The molecule has 0 saturated heterocycles. The van der Waals surface area contributed by atoms with Crippen LogP contribution in [0.25, 0.3) is 21.7 Å². The summed E-state index contributed by atoms with van der Waals surface area (Å²) in [7, 11) is 0. The highest BCUT2D eigenvalue weighted by molar-refractivity contribution is 6.30. The Labute approximate surface area is 206 Å². The van der Waals surface area contributed by atoms with E-state index in [2.05, 4.69) is 15.6 Å². The van der Waals surface area contributed by atoms with Gasteiger partial charge in [0.15, 0.2) is 0 Å². The Bertz CT molecular complexity index is 1520. The fourth-order valence-corrected chi connectivity index (χ4v) is 4.48. The first-order chi connectivity index (χ1) is 16.9. The van der Waals surface area contributed by atoms with Crippen LogP contribution in [0.5, 0.6) is 11.5 Å². The molecule has 2 N–H and O–H groups in total. The molecule has 0 radical (unpaired) electrons. The summed E-state index contributed by atoms with van der Waals surface area (Å²) in [6.45, 7) is 3.64. The Balaban J connectivity index is 1.55. The second kappa shape index (κ2) is 9.27. The van der Waals surface area contributed by atoms with Gasteiger partial charge in [-0.05, 0) is 43.0 Å². The molecule has 0 spiro atoms. The van der Waals surface area contributed by atoms with Gasteiger partial charge in [0.1, 0.15) is 16.7 Å². The molecule has 7 nitrogen and oxygen atoms in total. The van der Waals surface area contributed by atoms with E-state index in [0.717, 1.165) is 21.7 Å². The van der Waals surface area contributed by atoms with Crippen LogP contribution in [0.2, 0.25) is 5.15 Å². The van der Waals surface area contributed by atoms with Gasteiger partial charge in [0.25, 0.3) is 0 Å².